The number of carbonyl (C=O) groups is 2. The molecule has 1 aliphatic heterocycles. The fourth-order valence-corrected chi connectivity index (χ4v) is 4.88. The summed E-state index contributed by atoms with van der Waals surface area (Å²) >= 11 is 0. The monoisotopic (exact) mass is 528 g/mol. The van der Waals surface area contributed by atoms with Crippen LogP contribution in [0.15, 0.2) is 71.5 Å². The number of piperazine rings is 1. The molecule has 0 saturated carbocycles. The summed E-state index contributed by atoms with van der Waals surface area (Å²) in [5, 5.41) is 7.99. The molecule has 0 unspecified atom stereocenters. The Morgan fingerprint density at radius 3 is 2.31 bits per heavy atom. The van der Waals surface area contributed by atoms with Gasteiger partial charge >= 0.3 is 5.97 Å². The van der Waals surface area contributed by atoms with Crippen LogP contribution in [0.3, 0.4) is 0 Å². The van der Waals surface area contributed by atoms with Crippen molar-refractivity contribution in [1.82, 2.24) is 20.0 Å². The van der Waals surface area contributed by atoms with Gasteiger partial charge in [0.15, 0.2) is 0 Å². The molecular formula is C30H29FN4O4. The molecule has 1 amide bonds. The second-order valence-corrected chi connectivity index (χ2v) is 9.67. The standard InChI is InChI=1S/C30H29FN4O4/c1-39-28(36)18-20-6-8-21(9-7-20)19-34-12-14-35(15-13-34)30(38)25-16-22(10-11-26(25)31)17-27-23-4-2-3-5-24(23)29(37)33-32-27/h2-11,16H,12-15,17-19H2,1H3,(H,33,37). The van der Waals surface area contributed by atoms with E-state index in [4.69, 9.17) is 4.74 Å². The van der Waals surface area contributed by atoms with Gasteiger partial charge in [-0.3, -0.25) is 19.3 Å². The van der Waals surface area contributed by atoms with Crippen LogP contribution in [-0.4, -0.2) is 65.2 Å². The summed E-state index contributed by atoms with van der Waals surface area (Å²) in [5.74, 6) is -1.16. The zero-order valence-electron chi connectivity index (χ0n) is 21.7. The van der Waals surface area contributed by atoms with Crippen LogP contribution in [0.1, 0.15) is 32.7 Å². The Bertz CT molecular complexity index is 1560. The lowest BCUT2D eigenvalue weighted by molar-refractivity contribution is -0.139. The molecule has 2 heterocycles. The van der Waals surface area contributed by atoms with E-state index in [1.54, 1.807) is 29.2 Å². The minimum atomic E-state index is -0.558. The minimum absolute atomic E-state index is 0.0378. The van der Waals surface area contributed by atoms with Crippen LogP contribution in [0.5, 0.6) is 0 Å². The molecule has 200 valence electrons. The van der Waals surface area contributed by atoms with E-state index in [2.05, 4.69) is 15.1 Å². The third-order valence-corrected chi connectivity index (χ3v) is 7.07. The summed E-state index contributed by atoms with van der Waals surface area (Å²) in [6, 6.07) is 19.6. The predicted molar refractivity (Wildman–Crippen MR) is 145 cm³/mol. The van der Waals surface area contributed by atoms with Crippen LogP contribution in [0.2, 0.25) is 0 Å². The number of aromatic amines is 1. The zero-order valence-corrected chi connectivity index (χ0v) is 21.7. The highest BCUT2D eigenvalue weighted by molar-refractivity contribution is 5.95. The molecule has 0 spiro atoms. The number of nitrogens with zero attached hydrogens (tertiary/aromatic N) is 3. The van der Waals surface area contributed by atoms with Crippen LogP contribution in [0, 0.1) is 5.82 Å². The number of hydrogen-bond acceptors (Lipinski definition) is 6. The number of hydrogen-bond donors (Lipinski definition) is 1. The van der Waals surface area contributed by atoms with Gasteiger partial charge in [0.25, 0.3) is 11.5 Å². The number of ether oxygens (including phenoxy) is 1. The van der Waals surface area contributed by atoms with Crippen LogP contribution >= 0.6 is 0 Å². The highest BCUT2D eigenvalue weighted by Gasteiger charge is 2.24. The van der Waals surface area contributed by atoms with E-state index in [1.807, 2.05) is 36.4 Å². The number of benzene rings is 3. The molecule has 1 aromatic heterocycles. The number of esters is 1. The first-order chi connectivity index (χ1) is 18.9. The Balaban J connectivity index is 1.22. The molecule has 0 atom stereocenters. The summed E-state index contributed by atoms with van der Waals surface area (Å²) in [6.07, 6.45) is 0.595. The normalized spacial score (nSPS) is 13.9. The molecular weight excluding hydrogens is 499 g/mol. The van der Waals surface area contributed by atoms with Crippen molar-refractivity contribution < 1.29 is 18.7 Å². The number of methoxy groups -OCH3 is 1. The van der Waals surface area contributed by atoms with Gasteiger partial charge in [0.05, 0.1) is 30.2 Å². The molecule has 1 N–H and O–H groups in total. The Morgan fingerprint density at radius 1 is 0.923 bits per heavy atom. The smallest absolute Gasteiger partial charge is 0.309 e. The Kier molecular flexibility index (Phi) is 7.79. The van der Waals surface area contributed by atoms with Crippen molar-refractivity contribution in [2.45, 2.75) is 19.4 Å². The molecule has 0 radical (unpaired) electrons. The molecule has 1 saturated heterocycles. The van der Waals surface area contributed by atoms with Gasteiger partial charge in [0, 0.05) is 44.5 Å². The third kappa shape index (κ3) is 6.04. The summed E-state index contributed by atoms with van der Waals surface area (Å²) in [5.41, 5.74) is 3.18. The number of nitrogens with one attached hydrogen (secondary N) is 1. The van der Waals surface area contributed by atoms with E-state index in [0.29, 0.717) is 43.7 Å². The lowest BCUT2D eigenvalue weighted by atomic mass is 10.0. The number of fused-ring (bicyclic) bond motifs is 1. The molecule has 0 aliphatic carbocycles. The Morgan fingerprint density at radius 2 is 1.59 bits per heavy atom. The average molecular weight is 529 g/mol. The van der Waals surface area contributed by atoms with Crippen LogP contribution in [0.25, 0.3) is 10.8 Å². The van der Waals surface area contributed by atoms with E-state index < -0.39 is 5.82 Å². The summed E-state index contributed by atoms with van der Waals surface area (Å²) in [4.78, 5) is 40.7. The lowest BCUT2D eigenvalue weighted by Crippen LogP contribution is -2.48. The van der Waals surface area contributed by atoms with Gasteiger partial charge in [-0.25, -0.2) is 9.49 Å². The molecule has 9 heteroatoms. The van der Waals surface area contributed by atoms with Gasteiger partial charge in [-0.1, -0.05) is 48.5 Å². The number of H-pyrrole nitrogens is 1. The van der Waals surface area contributed by atoms with E-state index in [0.717, 1.165) is 28.6 Å². The first-order valence-corrected chi connectivity index (χ1v) is 12.8. The highest BCUT2D eigenvalue weighted by atomic mass is 19.1. The van der Waals surface area contributed by atoms with E-state index in [-0.39, 0.29) is 29.4 Å². The molecule has 8 nitrogen and oxygen atoms in total. The molecule has 0 bridgehead atoms. The number of amides is 1. The fourth-order valence-electron chi connectivity index (χ4n) is 4.88. The second-order valence-electron chi connectivity index (χ2n) is 9.67. The zero-order chi connectivity index (χ0) is 27.4. The second kappa shape index (κ2) is 11.6. The summed E-state index contributed by atoms with van der Waals surface area (Å²) < 4.78 is 19.5. The SMILES string of the molecule is COC(=O)Cc1ccc(CN2CCN(C(=O)c3cc(Cc4n[nH]c(=O)c5ccccc45)ccc3F)CC2)cc1. The van der Waals surface area contributed by atoms with Gasteiger partial charge in [-0.15, -0.1) is 0 Å². The van der Waals surface area contributed by atoms with Gasteiger partial charge in [-0.05, 0) is 34.9 Å². The average Bonchev–Trinajstić information content (AvgIpc) is 2.96. The summed E-state index contributed by atoms with van der Waals surface area (Å²) in [7, 11) is 1.38. The molecule has 1 aliphatic rings. The van der Waals surface area contributed by atoms with E-state index in [1.165, 1.54) is 13.2 Å². The van der Waals surface area contributed by atoms with Gasteiger partial charge < -0.3 is 9.64 Å². The van der Waals surface area contributed by atoms with E-state index >= 15 is 0 Å². The first kappa shape index (κ1) is 26.2. The molecule has 3 aromatic carbocycles. The maximum Gasteiger partial charge on any atom is 0.309 e. The quantitative estimate of drug-likeness (QED) is 0.370. The minimum Gasteiger partial charge on any atom is -0.469 e. The number of aromatic nitrogens is 2. The lowest BCUT2D eigenvalue weighted by Gasteiger charge is -2.35. The number of carbonyl (C=O) groups excluding carboxylic acids is 2. The van der Waals surface area contributed by atoms with Crippen molar-refractivity contribution in [2.75, 3.05) is 33.3 Å². The fraction of sp³-hybridized carbons (Fsp3) is 0.267. The topological polar surface area (TPSA) is 95.6 Å². The molecule has 5 rings (SSSR count). The summed E-state index contributed by atoms with van der Waals surface area (Å²) in [6.45, 7) is 3.06. The van der Waals surface area contributed by atoms with E-state index in [9.17, 15) is 18.8 Å². The van der Waals surface area contributed by atoms with Crippen molar-refractivity contribution in [2.24, 2.45) is 0 Å². The van der Waals surface area contributed by atoms with Crippen LogP contribution in [0.4, 0.5) is 4.39 Å². The molecule has 1 fully saturated rings. The Hall–Kier alpha value is -4.37. The maximum atomic E-state index is 14.8. The number of rotatable bonds is 7. The van der Waals surface area contributed by atoms with Crippen molar-refractivity contribution in [3.8, 4) is 0 Å². The Labute approximate surface area is 225 Å². The third-order valence-electron chi connectivity index (χ3n) is 7.07. The van der Waals surface area contributed by atoms with Gasteiger partial charge in [-0.2, -0.15) is 5.10 Å². The van der Waals surface area contributed by atoms with Gasteiger partial charge in [0.1, 0.15) is 5.82 Å². The van der Waals surface area contributed by atoms with Crippen molar-refractivity contribution in [3.05, 3.63) is 111 Å². The first-order valence-electron chi connectivity index (χ1n) is 12.8. The highest BCUT2D eigenvalue weighted by Crippen LogP contribution is 2.20. The number of halogens is 1. The maximum absolute atomic E-state index is 14.8. The van der Waals surface area contributed by atoms with Gasteiger partial charge in [0.2, 0.25) is 0 Å². The van der Waals surface area contributed by atoms with Crippen LogP contribution < -0.4 is 5.56 Å². The van der Waals surface area contributed by atoms with Crippen molar-refractivity contribution in [1.29, 1.82) is 0 Å². The molecule has 39 heavy (non-hydrogen) atoms. The van der Waals surface area contributed by atoms with Crippen molar-refractivity contribution in [3.63, 3.8) is 0 Å². The molecule has 4 aromatic rings. The predicted octanol–water partition coefficient (Wildman–Crippen LogP) is 3.33. The van der Waals surface area contributed by atoms with Crippen LogP contribution in [-0.2, 0) is 28.9 Å². The van der Waals surface area contributed by atoms with Crippen molar-refractivity contribution >= 4 is 22.6 Å². The largest absolute Gasteiger partial charge is 0.469 e.